The van der Waals surface area contributed by atoms with Gasteiger partial charge in [0.25, 0.3) is 5.56 Å². The van der Waals surface area contributed by atoms with Crippen LogP contribution in [0.1, 0.15) is 13.3 Å². The first-order chi connectivity index (χ1) is 10.2. The molecule has 0 amide bonds. The fourth-order valence-corrected chi connectivity index (χ4v) is 2.00. The monoisotopic (exact) mass is 289 g/mol. The summed E-state index contributed by atoms with van der Waals surface area (Å²) >= 11 is 0. The Kier molecular flexibility index (Phi) is 5.51. The van der Waals surface area contributed by atoms with E-state index in [9.17, 15) is 9.59 Å². The molecule has 0 unspecified atom stereocenters. The first kappa shape index (κ1) is 15.3. The number of hydrogen-bond acceptors (Lipinski definition) is 4. The molecule has 2 rings (SSSR count). The van der Waals surface area contributed by atoms with Gasteiger partial charge in [0, 0.05) is 18.2 Å². The smallest absolute Gasteiger partial charge is 0.326 e. The predicted octanol–water partition coefficient (Wildman–Crippen LogP) is 1.97. The average molecular weight is 289 g/mol. The fraction of sp³-hybridized carbons (Fsp3) is 0.375. The van der Waals surface area contributed by atoms with Crippen LogP contribution < -0.4 is 5.56 Å². The lowest BCUT2D eigenvalue weighted by Crippen LogP contribution is -2.25. The summed E-state index contributed by atoms with van der Waals surface area (Å²) in [6.07, 6.45) is 2.54. The first-order valence-electron chi connectivity index (χ1n) is 7.04. The Morgan fingerprint density at radius 3 is 2.76 bits per heavy atom. The Morgan fingerprint density at radius 1 is 1.14 bits per heavy atom. The van der Waals surface area contributed by atoms with E-state index in [1.54, 1.807) is 18.3 Å². The highest BCUT2D eigenvalue weighted by molar-refractivity contribution is 5.81. The molecule has 5 nitrogen and oxygen atoms in total. The van der Waals surface area contributed by atoms with Crippen LogP contribution in [0.3, 0.4) is 0 Å². The number of hydrogen-bond donors (Lipinski definition) is 0. The third kappa shape index (κ3) is 4.16. The van der Waals surface area contributed by atoms with Crippen molar-refractivity contribution in [1.29, 1.82) is 0 Å². The number of rotatable bonds is 7. The molecule has 1 aromatic heterocycles. The molecule has 1 aromatic carbocycles. The van der Waals surface area contributed by atoms with Crippen molar-refractivity contribution in [3.63, 3.8) is 0 Å². The lowest BCUT2D eigenvalue weighted by molar-refractivity contribution is -0.145. The number of benzene rings is 1. The van der Waals surface area contributed by atoms with Gasteiger partial charge in [0.15, 0.2) is 0 Å². The summed E-state index contributed by atoms with van der Waals surface area (Å²) in [5, 5.41) is 1.46. The Labute approximate surface area is 123 Å². The summed E-state index contributed by atoms with van der Waals surface area (Å²) in [6, 6.07) is 9.10. The van der Waals surface area contributed by atoms with Crippen LogP contribution in [0.2, 0.25) is 0 Å². The van der Waals surface area contributed by atoms with Gasteiger partial charge in [0.05, 0.1) is 6.61 Å². The molecule has 0 spiro atoms. The maximum atomic E-state index is 12.2. The van der Waals surface area contributed by atoms with Gasteiger partial charge in [-0.2, -0.15) is 0 Å². The van der Waals surface area contributed by atoms with Crippen molar-refractivity contribution in [2.75, 3.05) is 19.8 Å². The van der Waals surface area contributed by atoms with E-state index in [2.05, 4.69) is 0 Å². The molecule has 21 heavy (non-hydrogen) atoms. The molecule has 0 aliphatic carbocycles. The van der Waals surface area contributed by atoms with Crippen molar-refractivity contribution in [3.8, 4) is 0 Å². The van der Waals surface area contributed by atoms with Crippen LogP contribution in [0.4, 0.5) is 0 Å². The van der Waals surface area contributed by atoms with Gasteiger partial charge in [0.2, 0.25) is 0 Å². The van der Waals surface area contributed by atoms with Gasteiger partial charge in [-0.05, 0) is 23.9 Å². The van der Waals surface area contributed by atoms with Crippen molar-refractivity contribution in [2.24, 2.45) is 0 Å². The number of carbonyl (C=O) groups excluding carboxylic acids is 1. The molecule has 0 fully saturated rings. The highest BCUT2D eigenvalue weighted by Gasteiger charge is 2.07. The van der Waals surface area contributed by atoms with E-state index in [4.69, 9.17) is 9.47 Å². The van der Waals surface area contributed by atoms with Gasteiger partial charge in [-0.1, -0.05) is 25.1 Å². The zero-order valence-electron chi connectivity index (χ0n) is 12.1. The quantitative estimate of drug-likeness (QED) is 0.577. The average Bonchev–Trinajstić information content (AvgIpc) is 2.50. The summed E-state index contributed by atoms with van der Waals surface area (Å²) in [5.74, 6) is -0.438. The van der Waals surface area contributed by atoms with Gasteiger partial charge in [0.1, 0.15) is 13.2 Å². The largest absolute Gasteiger partial charge is 0.462 e. The van der Waals surface area contributed by atoms with Crippen molar-refractivity contribution in [3.05, 3.63) is 46.9 Å². The van der Waals surface area contributed by atoms with Crippen LogP contribution in [0.25, 0.3) is 10.8 Å². The second kappa shape index (κ2) is 7.59. The van der Waals surface area contributed by atoms with Gasteiger partial charge in [-0.25, -0.2) is 0 Å². The summed E-state index contributed by atoms with van der Waals surface area (Å²) in [6.45, 7) is 3.17. The second-order valence-electron chi connectivity index (χ2n) is 4.67. The van der Waals surface area contributed by atoms with E-state index < -0.39 is 5.97 Å². The number of carbonyl (C=O) groups is 1. The minimum absolute atomic E-state index is 0.0859. The highest BCUT2D eigenvalue weighted by atomic mass is 16.6. The number of fused-ring (bicyclic) bond motifs is 1. The molecule has 1 heterocycles. The molecule has 2 aromatic rings. The molecule has 0 atom stereocenters. The van der Waals surface area contributed by atoms with E-state index in [1.165, 1.54) is 4.57 Å². The fourth-order valence-electron chi connectivity index (χ4n) is 2.00. The Balaban J connectivity index is 1.95. The minimum Gasteiger partial charge on any atom is -0.462 e. The van der Waals surface area contributed by atoms with Gasteiger partial charge in [-0.15, -0.1) is 0 Å². The van der Waals surface area contributed by atoms with Crippen LogP contribution in [-0.2, 0) is 20.8 Å². The first-order valence-corrected chi connectivity index (χ1v) is 7.04. The molecule has 0 aliphatic heterocycles. The number of ether oxygens (including phenoxy) is 2. The molecular formula is C16H19NO4. The van der Waals surface area contributed by atoms with Crippen LogP contribution in [0, 0.1) is 0 Å². The molecule has 112 valence electrons. The lowest BCUT2D eigenvalue weighted by Gasteiger charge is -2.08. The van der Waals surface area contributed by atoms with Gasteiger partial charge < -0.3 is 14.0 Å². The molecule has 0 saturated heterocycles. The summed E-state index contributed by atoms with van der Waals surface area (Å²) in [5.41, 5.74) is -0.188. The van der Waals surface area contributed by atoms with Crippen molar-refractivity contribution in [2.45, 2.75) is 19.9 Å². The van der Waals surface area contributed by atoms with Crippen LogP contribution in [-0.4, -0.2) is 30.4 Å². The zero-order chi connectivity index (χ0) is 15.1. The molecule has 0 radical (unpaired) electrons. The van der Waals surface area contributed by atoms with E-state index >= 15 is 0 Å². The van der Waals surface area contributed by atoms with Crippen LogP contribution in [0.5, 0.6) is 0 Å². The zero-order valence-corrected chi connectivity index (χ0v) is 12.1. The van der Waals surface area contributed by atoms with Gasteiger partial charge >= 0.3 is 5.97 Å². The third-order valence-electron chi connectivity index (χ3n) is 3.02. The molecular weight excluding hydrogens is 270 g/mol. The Morgan fingerprint density at radius 2 is 1.95 bits per heavy atom. The number of esters is 1. The van der Waals surface area contributed by atoms with Crippen molar-refractivity contribution < 1.29 is 14.3 Å². The molecule has 5 heteroatoms. The molecule has 0 N–H and O–H groups in total. The predicted molar refractivity (Wildman–Crippen MR) is 80.3 cm³/mol. The standard InChI is InChI=1S/C16H19NO4/c1-2-9-20-10-11-21-15(18)12-17-8-7-13-5-3-4-6-14(13)16(17)19/h3-8H,2,9-12H2,1H3. The highest BCUT2D eigenvalue weighted by Crippen LogP contribution is 2.07. The van der Waals surface area contributed by atoms with Crippen molar-refractivity contribution in [1.82, 2.24) is 4.57 Å². The normalized spacial score (nSPS) is 10.7. The third-order valence-corrected chi connectivity index (χ3v) is 3.02. The Hall–Kier alpha value is -2.14. The summed E-state index contributed by atoms with van der Waals surface area (Å²) in [7, 11) is 0. The maximum Gasteiger partial charge on any atom is 0.326 e. The summed E-state index contributed by atoms with van der Waals surface area (Å²) < 4.78 is 11.6. The van der Waals surface area contributed by atoms with Crippen LogP contribution in [0.15, 0.2) is 41.3 Å². The SMILES string of the molecule is CCCOCCOC(=O)Cn1ccc2ccccc2c1=O. The number of pyridine rings is 1. The molecule has 0 aliphatic rings. The van der Waals surface area contributed by atoms with E-state index in [-0.39, 0.29) is 18.7 Å². The minimum atomic E-state index is -0.438. The van der Waals surface area contributed by atoms with E-state index in [1.807, 2.05) is 25.1 Å². The number of aromatic nitrogens is 1. The second-order valence-corrected chi connectivity index (χ2v) is 4.67. The molecule has 0 bridgehead atoms. The maximum absolute atomic E-state index is 12.2. The van der Waals surface area contributed by atoms with E-state index in [0.29, 0.717) is 18.6 Å². The Bertz CT molecular complexity index is 663. The molecule has 0 saturated carbocycles. The number of nitrogens with zero attached hydrogens (tertiary/aromatic N) is 1. The van der Waals surface area contributed by atoms with Crippen molar-refractivity contribution >= 4 is 16.7 Å². The van der Waals surface area contributed by atoms with Gasteiger partial charge in [-0.3, -0.25) is 9.59 Å². The topological polar surface area (TPSA) is 57.5 Å². The summed E-state index contributed by atoms with van der Waals surface area (Å²) in [4.78, 5) is 23.9. The van der Waals surface area contributed by atoms with E-state index in [0.717, 1.165) is 11.8 Å². The van der Waals surface area contributed by atoms with Crippen LogP contribution >= 0.6 is 0 Å². The lowest BCUT2D eigenvalue weighted by atomic mass is 10.2.